The fourth-order valence-electron chi connectivity index (χ4n) is 2.43. The van der Waals surface area contributed by atoms with Gasteiger partial charge in [-0.2, -0.15) is 0 Å². The van der Waals surface area contributed by atoms with Crippen LogP contribution in [0.4, 0.5) is 10.1 Å². The van der Waals surface area contributed by atoms with E-state index in [-0.39, 0.29) is 24.1 Å². The van der Waals surface area contributed by atoms with Gasteiger partial charge in [0.25, 0.3) is 5.91 Å². The molecule has 2 aromatic rings. The molecule has 2 aromatic carbocycles. The monoisotopic (exact) mass is 358 g/mol. The molecular formula is C20H23FN2O3. The van der Waals surface area contributed by atoms with E-state index in [0.717, 1.165) is 0 Å². The van der Waals surface area contributed by atoms with Crippen molar-refractivity contribution in [1.82, 2.24) is 5.32 Å². The first-order valence-corrected chi connectivity index (χ1v) is 8.43. The molecule has 1 N–H and O–H groups in total. The minimum atomic E-state index is -0.264. The van der Waals surface area contributed by atoms with E-state index in [9.17, 15) is 14.0 Å². The molecule has 6 heteroatoms. The number of hydrogen-bond donors (Lipinski definition) is 1. The number of carbonyl (C=O) groups excluding carboxylic acids is 2. The molecule has 0 heterocycles. The predicted molar refractivity (Wildman–Crippen MR) is 99.2 cm³/mol. The first-order valence-electron chi connectivity index (χ1n) is 8.43. The number of Topliss-reactive ketones (excluding diaryl/α,β-unsaturated/α-hetero) is 1. The van der Waals surface area contributed by atoms with Crippen molar-refractivity contribution >= 4 is 17.4 Å². The summed E-state index contributed by atoms with van der Waals surface area (Å²) in [5, 5.41) is 2.76. The van der Waals surface area contributed by atoms with E-state index < -0.39 is 0 Å². The smallest absolute Gasteiger partial charge is 0.257 e. The van der Waals surface area contributed by atoms with Crippen LogP contribution in [0.15, 0.2) is 48.5 Å². The number of nitrogens with zero attached hydrogens (tertiary/aromatic N) is 1. The Kier molecular flexibility index (Phi) is 7.14. The maximum Gasteiger partial charge on any atom is 0.257 e. The fourth-order valence-corrected chi connectivity index (χ4v) is 2.43. The van der Waals surface area contributed by atoms with E-state index in [1.54, 1.807) is 42.5 Å². The van der Waals surface area contributed by atoms with Crippen LogP contribution in [0, 0.1) is 5.82 Å². The second-order valence-electron chi connectivity index (χ2n) is 5.95. The lowest BCUT2D eigenvalue weighted by Gasteiger charge is -2.19. The minimum Gasteiger partial charge on any atom is -0.484 e. The normalized spacial score (nSPS) is 10.3. The number of anilines is 1. The quantitative estimate of drug-likeness (QED) is 0.553. The largest absolute Gasteiger partial charge is 0.484 e. The molecule has 0 aliphatic carbocycles. The second-order valence-corrected chi connectivity index (χ2v) is 5.95. The number of halogens is 1. The van der Waals surface area contributed by atoms with Gasteiger partial charge in [-0.15, -0.1) is 0 Å². The van der Waals surface area contributed by atoms with Gasteiger partial charge in [0, 0.05) is 25.7 Å². The van der Waals surface area contributed by atoms with Crippen LogP contribution in [0.3, 0.4) is 0 Å². The Hall–Kier alpha value is -2.89. The highest BCUT2D eigenvalue weighted by atomic mass is 19.1. The highest BCUT2D eigenvalue weighted by Crippen LogP contribution is 2.17. The highest BCUT2D eigenvalue weighted by Gasteiger charge is 2.07. The van der Waals surface area contributed by atoms with Crippen molar-refractivity contribution in [3.05, 3.63) is 59.9 Å². The van der Waals surface area contributed by atoms with Crippen molar-refractivity contribution < 1.29 is 18.7 Å². The van der Waals surface area contributed by atoms with Gasteiger partial charge in [0.15, 0.2) is 12.4 Å². The lowest BCUT2D eigenvalue weighted by atomic mass is 10.1. The van der Waals surface area contributed by atoms with E-state index in [1.165, 1.54) is 13.0 Å². The molecule has 0 spiro atoms. The Morgan fingerprint density at radius 3 is 2.65 bits per heavy atom. The third kappa shape index (κ3) is 5.88. The summed E-state index contributed by atoms with van der Waals surface area (Å²) < 4.78 is 19.1. The van der Waals surface area contributed by atoms with Crippen LogP contribution >= 0.6 is 0 Å². The van der Waals surface area contributed by atoms with Crippen molar-refractivity contribution in [2.45, 2.75) is 13.3 Å². The van der Waals surface area contributed by atoms with Gasteiger partial charge >= 0.3 is 0 Å². The molecule has 138 valence electrons. The summed E-state index contributed by atoms with van der Waals surface area (Å²) in [5.74, 6) is -0.0852. The summed E-state index contributed by atoms with van der Waals surface area (Å²) in [6, 6.07) is 13.3. The SMILES string of the molecule is CC(=O)c1cccc(OCC(=O)NCCCN(C)c2ccccc2F)c1. The Balaban J connectivity index is 1.68. The average Bonchev–Trinajstić information content (AvgIpc) is 2.64. The Morgan fingerprint density at radius 1 is 1.15 bits per heavy atom. The van der Waals surface area contributed by atoms with Crippen LogP contribution in [0.5, 0.6) is 5.75 Å². The fraction of sp³-hybridized carbons (Fsp3) is 0.300. The van der Waals surface area contributed by atoms with Crippen LogP contribution in [-0.2, 0) is 4.79 Å². The van der Waals surface area contributed by atoms with E-state index in [2.05, 4.69) is 5.32 Å². The predicted octanol–water partition coefficient (Wildman–Crippen LogP) is 3.05. The van der Waals surface area contributed by atoms with Crippen molar-refractivity contribution in [2.24, 2.45) is 0 Å². The molecule has 0 saturated carbocycles. The van der Waals surface area contributed by atoms with Gasteiger partial charge in [0.1, 0.15) is 11.6 Å². The minimum absolute atomic E-state index is 0.0566. The number of amides is 1. The van der Waals surface area contributed by atoms with Gasteiger partial charge in [0.2, 0.25) is 0 Å². The second kappa shape index (κ2) is 9.56. The van der Waals surface area contributed by atoms with Crippen LogP contribution in [0.1, 0.15) is 23.7 Å². The van der Waals surface area contributed by atoms with E-state index >= 15 is 0 Å². The highest BCUT2D eigenvalue weighted by molar-refractivity contribution is 5.94. The molecule has 2 rings (SSSR count). The number of benzene rings is 2. The summed E-state index contributed by atoms with van der Waals surface area (Å²) in [4.78, 5) is 25.0. The number of para-hydroxylation sites is 1. The third-order valence-corrected chi connectivity index (χ3v) is 3.87. The number of ketones is 1. The molecule has 1 amide bonds. The third-order valence-electron chi connectivity index (χ3n) is 3.87. The van der Waals surface area contributed by atoms with Crippen LogP contribution < -0.4 is 15.0 Å². The maximum absolute atomic E-state index is 13.7. The van der Waals surface area contributed by atoms with Crippen LogP contribution in [0.2, 0.25) is 0 Å². The zero-order valence-electron chi connectivity index (χ0n) is 15.0. The van der Waals surface area contributed by atoms with Gasteiger partial charge in [-0.05, 0) is 37.6 Å². The number of hydrogen-bond acceptors (Lipinski definition) is 4. The molecule has 0 aliphatic rings. The summed E-state index contributed by atoms with van der Waals surface area (Å²) in [7, 11) is 1.81. The molecule has 0 bridgehead atoms. The number of rotatable bonds is 9. The summed E-state index contributed by atoms with van der Waals surface area (Å²) in [6.45, 7) is 2.44. The molecule has 5 nitrogen and oxygen atoms in total. The van der Waals surface area contributed by atoms with Crippen LogP contribution in [0.25, 0.3) is 0 Å². The zero-order valence-corrected chi connectivity index (χ0v) is 15.0. The molecule has 0 fully saturated rings. The van der Waals surface area contributed by atoms with E-state index in [1.807, 2.05) is 11.9 Å². The summed E-state index contributed by atoms with van der Waals surface area (Å²) in [6.07, 6.45) is 0.677. The van der Waals surface area contributed by atoms with Crippen molar-refractivity contribution in [3.63, 3.8) is 0 Å². The number of carbonyl (C=O) groups is 2. The van der Waals surface area contributed by atoms with Gasteiger partial charge in [-0.25, -0.2) is 4.39 Å². The number of ether oxygens (including phenoxy) is 1. The van der Waals surface area contributed by atoms with Crippen molar-refractivity contribution in [2.75, 3.05) is 31.6 Å². The molecule has 0 atom stereocenters. The molecule has 0 unspecified atom stereocenters. The molecule has 0 saturated heterocycles. The van der Waals surface area contributed by atoms with Gasteiger partial charge in [0.05, 0.1) is 5.69 Å². The van der Waals surface area contributed by atoms with Crippen LogP contribution in [-0.4, -0.2) is 38.4 Å². The van der Waals surface area contributed by atoms with Gasteiger partial charge in [-0.3, -0.25) is 9.59 Å². The average molecular weight is 358 g/mol. The first kappa shape index (κ1) is 19.4. The summed E-state index contributed by atoms with van der Waals surface area (Å²) >= 11 is 0. The van der Waals surface area contributed by atoms with Crippen molar-refractivity contribution in [1.29, 1.82) is 0 Å². The summed E-state index contributed by atoms with van der Waals surface area (Å²) in [5.41, 5.74) is 1.08. The molecule has 0 aromatic heterocycles. The number of nitrogens with one attached hydrogen (secondary N) is 1. The molecule has 26 heavy (non-hydrogen) atoms. The molecule has 0 aliphatic heterocycles. The molecular weight excluding hydrogens is 335 g/mol. The Morgan fingerprint density at radius 2 is 1.92 bits per heavy atom. The topological polar surface area (TPSA) is 58.6 Å². The zero-order chi connectivity index (χ0) is 18.9. The lowest BCUT2D eigenvalue weighted by molar-refractivity contribution is -0.123. The Labute approximate surface area is 152 Å². The van der Waals surface area contributed by atoms with Crippen molar-refractivity contribution in [3.8, 4) is 5.75 Å². The van der Waals surface area contributed by atoms with Gasteiger partial charge < -0.3 is 15.0 Å². The van der Waals surface area contributed by atoms with Gasteiger partial charge in [-0.1, -0.05) is 24.3 Å². The first-order chi connectivity index (χ1) is 12.5. The standard InChI is InChI=1S/C20H23FN2O3/c1-15(24)16-7-5-8-17(13-16)26-14-20(25)22-11-6-12-23(2)19-10-4-3-9-18(19)21/h3-5,7-10,13H,6,11-12,14H2,1-2H3,(H,22,25). The maximum atomic E-state index is 13.7. The van der Waals surface area contributed by atoms with E-state index in [0.29, 0.717) is 36.5 Å². The Bertz CT molecular complexity index is 764. The molecule has 0 radical (unpaired) electrons. The van der Waals surface area contributed by atoms with E-state index in [4.69, 9.17) is 4.74 Å². The lowest BCUT2D eigenvalue weighted by Crippen LogP contribution is -2.31.